The molecule has 0 radical (unpaired) electrons. The molecule has 1 atom stereocenters. The molecular weight excluding hydrogens is 498 g/mol. The SMILES string of the molecule is CC(C)C1NC2(CCN(S(=O)(=O)C(=O)c3ccc([N+](=O)[O-])cc3)CC2)N(Cc2cccc(C#N)c2)C1=O. The van der Waals surface area contributed by atoms with Crippen LogP contribution in [0.25, 0.3) is 0 Å². The van der Waals surface area contributed by atoms with Crippen LogP contribution in [0.3, 0.4) is 0 Å². The molecule has 194 valence electrons. The number of rotatable bonds is 6. The smallest absolute Gasteiger partial charge is 0.291 e. The second-order valence-electron chi connectivity index (χ2n) is 9.63. The predicted octanol–water partition coefficient (Wildman–Crippen LogP) is 2.39. The van der Waals surface area contributed by atoms with Gasteiger partial charge in [-0.1, -0.05) is 26.0 Å². The van der Waals surface area contributed by atoms with Crippen molar-refractivity contribution in [3.05, 3.63) is 75.3 Å². The van der Waals surface area contributed by atoms with Crippen LogP contribution in [0.1, 0.15) is 48.2 Å². The van der Waals surface area contributed by atoms with Gasteiger partial charge in [0, 0.05) is 37.3 Å². The summed E-state index contributed by atoms with van der Waals surface area (Å²) in [5.41, 5.74) is 0.0837. The number of nitro benzene ring substituents is 1. The molecule has 2 fully saturated rings. The van der Waals surface area contributed by atoms with E-state index in [1.807, 2.05) is 19.9 Å². The van der Waals surface area contributed by atoms with Gasteiger partial charge in [-0.15, -0.1) is 0 Å². The van der Waals surface area contributed by atoms with Gasteiger partial charge < -0.3 is 4.90 Å². The maximum Gasteiger partial charge on any atom is 0.291 e. The van der Waals surface area contributed by atoms with Crippen LogP contribution in [0.15, 0.2) is 48.5 Å². The molecule has 0 aliphatic carbocycles. The van der Waals surface area contributed by atoms with Gasteiger partial charge in [-0.3, -0.25) is 25.0 Å². The zero-order valence-electron chi connectivity index (χ0n) is 20.5. The predicted molar refractivity (Wildman–Crippen MR) is 133 cm³/mol. The first-order chi connectivity index (χ1) is 17.5. The summed E-state index contributed by atoms with van der Waals surface area (Å²) in [5.74, 6) is -0.0825. The molecule has 1 amide bonds. The number of carbonyl (C=O) groups is 2. The standard InChI is InChI=1S/C25H27N5O6S/c1-17(2)22-23(31)29(16-19-5-3-4-18(14-19)15-26)25(27-22)10-12-28(13-11-25)37(35,36)24(32)20-6-8-21(9-7-20)30(33)34/h3-9,14,17,22,27H,10-13,16H2,1-2H3. The highest BCUT2D eigenvalue weighted by molar-refractivity contribution is 8.04. The fourth-order valence-corrected chi connectivity index (χ4v) is 6.24. The first-order valence-corrected chi connectivity index (χ1v) is 13.3. The molecule has 12 heteroatoms. The minimum Gasteiger partial charge on any atom is -0.319 e. The van der Waals surface area contributed by atoms with E-state index in [4.69, 9.17) is 0 Å². The number of nitriles is 1. The number of non-ortho nitro benzene ring substituents is 1. The number of nitrogens with one attached hydrogen (secondary N) is 1. The third-order valence-electron chi connectivity index (χ3n) is 6.97. The number of nitrogens with zero attached hydrogens (tertiary/aromatic N) is 4. The molecule has 1 spiro atoms. The normalized spacial score (nSPS) is 19.8. The van der Waals surface area contributed by atoms with E-state index in [1.54, 1.807) is 23.1 Å². The molecule has 11 nitrogen and oxygen atoms in total. The van der Waals surface area contributed by atoms with Gasteiger partial charge in [-0.25, -0.2) is 8.42 Å². The van der Waals surface area contributed by atoms with Gasteiger partial charge in [-0.2, -0.15) is 9.57 Å². The molecule has 0 bridgehead atoms. The van der Waals surface area contributed by atoms with E-state index < -0.39 is 31.8 Å². The summed E-state index contributed by atoms with van der Waals surface area (Å²) in [6.07, 6.45) is 0.541. The third-order valence-corrected chi connectivity index (χ3v) is 8.72. The van der Waals surface area contributed by atoms with Crippen LogP contribution in [0.5, 0.6) is 0 Å². The summed E-state index contributed by atoms with van der Waals surface area (Å²) in [6, 6.07) is 13.1. The van der Waals surface area contributed by atoms with Crippen LogP contribution in [0.4, 0.5) is 5.69 Å². The lowest BCUT2D eigenvalue weighted by Gasteiger charge is -2.44. The summed E-state index contributed by atoms with van der Waals surface area (Å²) in [4.78, 5) is 38.2. The molecule has 1 N–H and O–H groups in total. The number of sulfonamides is 1. The zero-order chi connectivity index (χ0) is 27.0. The lowest BCUT2D eigenvalue weighted by molar-refractivity contribution is -0.384. The van der Waals surface area contributed by atoms with E-state index in [1.165, 1.54) is 0 Å². The molecule has 37 heavy (non-hydrogen) atoms. The average molecular weight is 526 g/mol. The van der Waals surface area contributed by atoms with Crippen molar-refractivity contribution in [3.8, 4) is 6.07 Å². The van der Waals surface area contributed by atoms with E-state index in [0.29, 0.717) is 5.56 Å². The fourth-order valence-electron chi connectivity index (χ4n) is 4.91. The number of hydrogen-bond acceptors (Lipinski definition) is 8. The van der Waals surface area contributed by atoms with Gasteiger partial charge in [0.15, 0.2) is 0 Å². The topological polar surface area (TPSA) is 154 Å². The molecule has 2 heterocycles. The summed E-state index contributed by atoms with van der Waals surface area (Å²) in [6.45, 7) is 4.16. The van der Waals surface area contributed by atoms with Crippen LogP contribution in [0.2, 0.25) is 0 Å². The maximum absolute atomic E-state index is 13.4. The van der Waals surface area contributed by atoms with Crippen molar-refractivity contribution in [1.29, 1.82) is 5.26 Å². The highest BCUT2D eigenvalue weighted by Gasteiger charge is 2.53. The minimum absolute atomic E-state index is 0.00490. The number of hydrogen-bond donors (Lipinski definition) is 1. The van der Waals surface area contributed by atoms with Gasteiger partial charge in [0.2, 0.25) is 5.91 Å². The Hall–Kier alpha value is -3.66. The lowest BCUT2D eigenvalue weighted by Crippen LogP contribution is -2.59. The van der Waals surface area contributed by atoms with Crippen molar-refractivity contribution < 1.29 is 22.9 Å². The van der Waals surface area contributed by atoms with Crippen LogP contribution >= 0.6 is 0 Å². The molecule has 2 aliphatic rings. The second kappa shape index (κ2) is 10.0. The Labute approximate surface area is 214 Å². The van der Waals surface area contributed by atoms with Gasteiger partial charge in [-0.05, 0) is 48.6 Å². The Morgan fingerprint density at radius 1 is 1.22 bits per heavy atom. The van der Waals surface area contributed by atoms with E-state index >= 15 is 0 Å². The number of piperidine rings is 1. The van der Waals surface area contributed by atoms with E-state index in [0.717, 1.165) is 34.1 Å². The van der Waals surface area contributed by atoms with Crippen LogP contribution in [0, 0.1) is 27.4 Å². The number of nitro groups is 1. The summed E-state index contributed by atoms with van der Waals surface area (Å²) in [7, 11) is -4.37. The Kier molecular flexibility index (Phi) is 7.14. The number of carbonyl (C=O) groups excluding carboxylic acids is 2. The van der Waals surface area contributed by atoms with Crippen LogP contribution in [-0.2, 0) is 21.4 Å². The molecule has 2 aromatic carbocycles. The van der Waals surface area contributed by atoms with Crippen molar-refractivity contribution in [1.82, 2.24) is 14.5 Å². The molecule has 4 rings (SSSR count). The van der Waals surface area contributed by atoms with Crippen LogP contribution in [-0.4, -0.2) is 58.4 Å². The molecule has 0 aromatic heterocycles. The maximum atomic E-state index is 13.4. The van der Waals surface area contributed by atoms with Crippen molar-refractivity contribution in [2.24, 2.45) is 5.92 Å². The van der Waals surface area contributed by atoms with E-state index in [-0.39, 0.29) is 55.6 Å². The molecule has 2 aromatic rings. The molecular formula is C25H27N5O6S. The van der Waals surface area contributed by atoms with Crippen molar-refractivity contribution in [3.63, 3.8) is 0 Å². The highest BCUT2D eigenvalue weighted by atomic mass is 32.2. The molecule has 1 unspecified atom stereocenters. The monoisotopic (exact) mass is 525 g/mol. The Morgan fingerprint density at radius 2 is 1.86 bits per heavy atom. The largest absolute Gasteiger partial charge is 0.319 e. The summed E-state index contributed by atoms with van der Waals surface area (Å²) in [5, 5.41) is 22.4. The van der Waals surface area contributed by atoms with Crippen molar-refractivity contribution in [2.75, 3.05) is 13.1 Å². The fraction of sp³-hybridized carbons (Fsp3) is 0.400. The second-order valence-corrected chi connectivity index (χ2v) is 11.5. The van der Waals surface area contributed by atoms with Crippen molar-refractivity contribution in [2.45, 2.75) is 44.9 Å². The van der Waals surface area contributed by atoms with Gasteiger partial charge in [0.1, 0.15) is 0 Å². The number of benzene rings is 2. The first kappa shape index (κ1) is 26.4. The van der Waals surface area contributed by atoms with Crippen LogP contribution < -0.4 is 5.32 Å². The minimum atomic E-state index is -4.37. The molecule has 2 aliphatic heterocycles. The van der Waals surface area contributed by atoms with Gasteiger partial charge in [0.05, 0.1) is 28.3 Å². The Bertz CT molecular complexity index is 1380. The average Bonchev–Trinajstić information content (AvgIpc) is 3.15. The van der Waals surface area contributed by atoms with Gasteiger partial charge in [0.25, 0.3) is 20.8 Å². The lowest BCUT2D eigenvalue weighted by atomic mass is 9.96. The Morgan fingerprint density at radius 3 is 2.43 bits per heavy atom. The van der Waals surface area contributed by atoms with E-state index in [2.05, 4.69) is 11.4 Å². The van der Waals surface area contributed by atoms with Gasteiger partial charge >= 0.3 is 0 Å². The first-order valence-electron chi connectivity index (χ1n) is 11.9. The third kappa shape index (κ3) is 4.98. The quantitative estimate of drug-likeness (QED) is 0.445. The van der Waals surface area contributed by atoms with E-state index in [9.17, 15) is 33.4 Å². The highest BCUT2D eigenvalue weighted by Crippen LogP contribution is 2.36. The summed E-state index contributed by atoms with van der Waals surface area (Å²) >= 11 is 0. The molecule has 2 saturated heterocycles. The number of amides is 1. The van der Waals surface area contributed by atoms with Crippen molar-refractivity contribution >= 4 is 26.7 Å². The zero-order valence-corrected chi connectivity index (χ0v) is 21.3. The Balaban J connectivity index is 1.55. The summed E-state index contributed by atoms with van der Waals surface area (Å²) < 4.78 is 27.3. The molecule has 0 saturated carbocycles.